The molecular weight excluding hydrogens is 280 g/mol. The van der Waals surface area contributed by atoms with Gasteiger partial charge in [-0.15, -0.1) is 11.3 Å². The zero-order chi connectivity index (χ0) is 10.7. The van der Waals surface area contributed by atoms with Crippen LogP contribution < -0.4 is 5.32 Å². The van der Waals surface area contributed by atoms with Crippen LogP contribution in [0.3, 0.4) is 0 Å². The molecule has 2 heterocycles. The minimum absolute atomic E-state index is 0.270. The highest BCUT2D eigenvalue weighted by atomic mass is 79.9. The second kappa shape index (κ2) is 4.45. The van der Waals surface area contributed by atoms with E-state index in [1.807, 2.05) is 0 Å². The molecule has 2 aromatic heterocycles. The number of hydrogen-bond acceptors (Lipinski definition) is 5. The van der Waals surface area contributed by atoms with Gasteiger partial charge in [-0.1, -0.05) is 0 Å². The zero-order valence-corrected chi connectivity index (χ0v) is 9.75. The molecule has 0 aliphatic heterocycles. The minimum atomic E-state index is -0.317. The van der Waals surface area contributed by atoms with E-state index in [-0.39, 0.29) is 11.9 Å². The van der Waals surface area contributed by atoms with Gasteiger partial charge in [0, 0.05) is 17.8 Å². The number of anilines is 1. The number of amides is 1. The van der Waals surface area contributed by atoms with Crippen molar-refractivity contribution in [2.75, 3.05) is 5.32 Å². The summed E-state index contributed by atoms with van der Waals surface area (Å²) in [4.78, 5) is 23.3. The highest BCUT2D eigenvalue weighted by Crippen LogP contribution is 2.16. The molecule has 1 amide bonds. The van der Waals surface area contributed by atoms with Crippen molar-refractivity contribution in [1.29, 1.82) is 0 Å². The average molecular weight is 285 g/mol. The lowest BCUT2D eigenvalue weighted by Crippen LogP contribution is -2.14. The Kier molecular flexibility index (Phi) is 3.02. The van der Waals surface area contributed by atoms with Crippen molar-refractivity contribution < 1.29 is 4.79 Å². The fourth-order valence-corrected chi connectivity index (χ4v) is 1.88. The molecule has 0 aromatic carbocycles. The second-order valence-electron chi connectivity index (χ2n) is 2.51. The van der Waals surface area contributed by atoms with Crippen LogP contribution in [0.25, 0.3) is 0 Å². The Labute approximate surface area is 97.7 Å². The molecule has 0 saturated heterocycles. The molecule has 0 bridgehead atoms. The van der Waals surface area contributed by atoms with Crippen LogP contribution in [-0.2, 0) is 0 Å². The van der Waals surface area contributed by atoms with E-state index in [4.69, 9.17) is 0 Å². The van der Waals surface area contributed by atoms with E-state index in [1.54, 1.807) is 23.8 Å². The third kappa shape index (κ3) is 2.57. The van der Waals surface area contributed by atoms with Crippen LogP contribution in [0, 0.1) is 0 Å². The van der Waals surface area contributed by atoms with Crippen LogP contribution in [0.5, 0.6) is 0 Å². The highest BCUT2D eigenvalue weighted by Gasteiger charge is 2.10. The first-order valence-corrected chi connectivity index (χ1v) is 5.62. The molecule has 0 atom stereocenters. The van der Waals surface area contributed by atoms with Gasteiger partial charge in [0.2, 0.25) is 5.95 Å². The van der Waals surface area contributed by atoms with Crippen molar-refractivity contribution >= 4 is 39.1 Å². The normalized spacial score (nSPS) is 9.93. The summed E-state index contributed by atoms with van der Waals surface area (Å²) >= 11 is 4.53. The van der Waals surface area contributed by atoms with E-state index >= 15 is 0 Å². The Bertz CT molecular complexity index is 473. The third-order valence-electron chi connectivity index (χ3n) is 1.50. The number of rotatable bonds is 2. The molecule has 2 aromatic rings. The number of carbonyl (C=O) groups is 1. The largest absolute Gasteiger partial charge is 0.289 e. The average Bonchev–Trinajstić information content (AvgIpc) is 2.66. The van der Waals surface area contributed by atoms with Gasteiger partial charge in [0.15, 0.2) is 3.92 Å². The third-order valence-corrected chi connectivity index (χ3v) is 2.86. The van der Waals surface area contributed by atoms with Crippen molar-refractivity contribution in [3.63, 3.8) is 0 Å². The van der Waals surface area contributed by atoms with Gasteiger partial charge in [-0.25, -0.2) is 15.0 Å². The molecule has 2 rings (SSSR count). The van der Waals surface area contributed by atoms with E-state index in [0.29, 0.717) is 9.61 Å². The first-order valence-electron chi connectivity index (χ1n) is 3.95. The van der Waals surface area contributed by atoms with Gasteiger partial charge < -0.3 is 0 Å². The van der Waals surface area contributed by atoms with Crippen LogP contribution in [0.2, 0.25) is 0 Å². The van der Waals surface area contributed by atoms with Gasteiger partial charge in [0.25, 0.3) is 5.91 Å². The lowest BCUT2D eigenvalue weighted by atomic mass is 10.4. The van der Waals surface area contributed by atoms with Crippen molar-refractivity contribution in [3.8, 4) is 0 Å². The Morgan fingerprint density at radius 2 is 2.13 bits per heavy atom. The van der Waals surface area contributed by atoms with Crippen molar-refractivity contribution in [2.24, 2.45) is 0 Å². The van der Waals surface area contributed by atoms with Crippen LogP contribution in [0.15, 0.2) is 27.8 Å². The molecule has 76 valence electrons. The van der Waals surface area contributed by atoms with Gasteiger partial charge in [-0.2, -0.15) is 0 Å². The summed E-state index contributed by atoms with van der Waals surface area (Å²) in [6.07, 6.45) is 3.11. The molecular formula is C8H5BrN4OS. The molecule has 7 heteroatoms. The highest BCUT2D eigenvalue weighted by molar-refractivity contribution is 9.11. The quantitative estimate of drug-likeness (QED) is 0.915. The number of nitrogens with zero attached hydrogens (tertiary/aromatic N) is 3. The summed E-state index contributed by atoms with van der Waals surface area (Å²) < 4.78 is 0.668. The first-order chi connectivity index (χ1) is 7.25. The van der Waals surface area contributed by atoms with E-state index < -0.39 is 0 Å². The SMILES string of the molecule is O=C(Nc1ncccn1)c1csc(Br)n1. The van der Waals surface area contributed by atoms with Gasteiger partial charge >= 0.3 is 0 Å². The molecule has 0 unspecified atom stereocenters. The van der Waals surface area contributed by atoms with E-state index in [9.17, 15) is 4.79 Å². The number of thiazole rings is 1. The standard InChI is InChI=1S/C8H5BrN4OS/c9-7-12-5(4-15-7)6(14)13-8-10-2-1-3-11-8/h1-4H,(H,10,11,13,14). The zero-order valence-electron chi connectivity index (χ0n) is 7.35. The number of carbonyl (C=O) groups excluding carboxylic acids is 1. The van der Waals surface area contributed by atoms with Gasteiger partial charge in [0.1, 0.15) is 5.69 Å². The maximum Gasteiger partial charge on any atom is 0.277 e. The summed E-state index contributed by atoms with van der Waals surface area (Å²) in [6.45, 7) is 0. The maximum absolute atomic E-state index is 11.6. The molecule has 0 radical (unpaired) electrons. The van der Waals surface area contributed by atoms with E-state index in [2.05, 4.69) is 36.2 Å². The fraction of sp³-hybridized carbons (Fsp3) is 0. The second-order valence-corrected chi connectivity index (χ2v) is 4.65. The lowest BCUT2D eigenvalue weighted by molar-refractivity contribution is 0.102. The monoisotopic (exact) mass is 284 g/mol. The van der Waals surface area contributed by atoms with Gasteiger partial charge in [0.05, 0.1) is 0 Å². The van der Waals surface area contributed by atoms with Crippen molar-refractivity contribution in [2.45, 2.75) is 0 Å². The predicted octanol–water partition coefficient (Wildman–Crippen LogP) is 1.95. The molecule has 0 saturated carbocycles. The minimum Gasteiger partial charge on any atom is -0.289 e. The maximum atomic E-state index is 11.6. The van der Waals surface area contributed by atoms with Crippen LogP contribution in [-0.4, -0.2) is 20.9 Å². The Hall–Kier alpha value is -1.34. The van der Waals surface area contributed by atoms with Crippen LogP contribution >= 0.6 is 27.3 Å². The summed E-state index contributed by atoms with van der Waals surface area (Å²) in [5.41, 5.74) is 0.347. The van der Waals surface area contributed by atoms with Crippen molar-refractivity contribution in [3.05, 3.63) is 33.5 Å². The van der Waals surface area contributed by atoms with Crippen molar-refractivity contribution in [1.82, 2.24) is 15.0 Å². The van der Waals surface area contributed by atoms with E-state index in [1.165, 1.54) is 11.3 Å². The summed E-state index contributed by atoms with van der Waals surface area (Å²) in [6, 6.07) is 1.68. The Morgan fingerprint density at radius 3 is 2.73 bits per heavy atom. The first kappa shape index (κ1) is 10.2. The molecule has 15 heavy (non-hydrogen) atoms. The molecule has 0 fully saturated rings. The summed E-state index contributed by atoms with van der Waals surface area (Å²) in [7, 11) is 0. The summed E-state index contributed by atoms with van der Waals surface area (Å²) in [5, 5.41) is 4.19. The smallest absolute Gasteiger partial charge is 0.277 e. The van der Waals surface area contributed by atoms with Gasteiger partial charge in [-0.05, 0) is 22.0 Å². The number of aromatic nitrogens is 3. The lowest BCUT2D eigenvalue weighted by Gasteiger charge is -1.98. The predicted molar refractivity (Wildman–Crippen MR) is 59.8 cm³/mol. The van der Waals surface area contributed by atoms with Crippen LogP contribution in [0.4, 0.5) is 5.95 Å². The molecule has 5 nitrogen and oxygen atoms in total. The Balaban J connectivity index is 2.11. The number of halogens is 1. The fourth-order valence-electron chi connectivity index (χ4n) is 0.885. The molecule has 1 N–H and O–H groups in total. The molecule has 0 aliphatic carbocycles. The van der Waals surface area contributed by atoms with E-state index in [0.717, 1.165) is 0 Å². The topological polar surface area (TPSA) is 67.8 Å². The molecule has 0 aliphatic rings. The van der Waals surface area contributed by atoms with Gasteiger partial charge in [-0.3, -0.25) is 10.1 Å². The molecule has 0 spiro atoms. The Morgan fingerprint density at radius 1 is 1.40 bits per heavy atom. The number of nitrogens with one attached hydrogen (secondary N) is 1. The number of hydrogen-bond donors (Lipinski definition) is 1. The van der Waals surface area contributed by atoms with Crippen LogP contribution in [0.1, 0.15) is 10.5 Å². The summed E-state index contributed by atoms with van der Waals surface area (Å²) in [5.74, 6) is -0.0465.